The van der Waals surface area contributed by atoms with Gasteiger partial charge in [0.1, 0.15) is 11.5 Å². The van der Waals surface area contributed by atoms with Crippen LogP contribution in [0.4, 0.5) is 4.39 Å². The van der Waals surface area contributed by atoms with Crippen molar-refractivity contribution in [3.8, 4) is 11.3 Å². The average molecular weight is 285 g/mol. The summed E-state index contributed by atoms with van der Waals surface area (Å²) in [4.78, 5) is 0. The highest BCUT2D eigenvalue weighted by Gasteiger charge is 2.14. The van der Waals surface area contributed by atoms with E-state index in [-0.39, 0.29) is 5.82 Å². The molecule has 0 fully saturated rings. The highest BCUT2D eigenvalue weighted by molar-refractivity contribution is 9.10. The van der Waals surface area contributed by atoms with Gasteiger partial charge in [0.05, 0.1) is 0 Å². The predicted molar refractivity (Wildman–Crippen MR) is 62.0 cm³/mol. The van der Waals surface area contributed by atoms with Crippen molar-refractivity contribution in [2.24, 2.45) is 12.8 Å². The monoisotopic (exact) mass is 284 g/mol. The topological polar surface area (TPSA) is 56.7 Å². The van der Waals surface area contributed by atoms with E-state index in [2.05, 4.69) is 26.2 Å². The third-order valence-corrected chi connectivity index (χ3v) is 2.87. The molecule has 0 amide bonds. The van der Waals surface area contributed by atoms with Crippen LogP contribution in [0.5, 0.6) is 0 Å². The van der Waals surface area contributed by atoms with E-state index in [1.165, 1.54) is 12.1 Å². The lowest BCUT2D eigenvalue weighted by Gasteiger charge is -2.08. The number of halogens is 2. The largest absolute Gasteiger partial charge is 0.326 e. The van der Waals surface area contributed by atoms with Crippen LogP contribution >= 0.6 is 15.9 Å². The number of aromatic nitrogens is 3. The number of nitrogens with two attached hydrogens (primary N) is 1. The minimum atomic E-state index is -0.305. The molecule has 1 aromatic heterocycles. The first-order chi connectivity index (χ1) is 7.63. The Kier molecular flexibility index (Phi) is 3.02. The third-order valence-electron chi connectivity index (χ3n) is 2.33. The molecule has 2 N–H and O–H groups in total. The minimum Gasteiger partial charge on any atom is -0.326 e. The second-order valence-corrected chi connectivity index (χ2v) is 4.11. The molecule has 2 aromatic rings. The van der Waals surface area contributed by atoms with E-state index in [0.29, 0.717) is 16.7 Å². The number of benzene rings is 1. The van der Waals surface area contributed by atoms with E-state index in [0.717, 1.165) is 11.3 Å². The zero-order valence-electron chi connectivity index (χ0n) is 8.61. The van der Waals surface area contributed by atoms with Crippen LogP contribution in [0.1, 0.15) is 5.56 Å². The van der Waals surface area contributed by atoms with Crippen molar-refractivity contribution < 1.29 is 4.39 Å². The maximum absolute atomic E-state index is 13.2. The van der Waals surface area contributed by atoms with Crippen LogP contribution in [-0.2, 0) is 13.6 Å². The van der Waals surface area contributed by atoms with Gasteiger partial charge in [0.15, 0.2) is 4.60 Å². The first-order valence-corrected chi connectivity index (χ1v) is 5.47. The molecule has 16 heavy (non-hydrogen) atoms. The van der Waals surface area contributed by atoms with Crippen LogP contribution in [0.2, 0.25) is 0 Å². The molecule has 0 saturated carbocycles. The summed E-state index contributed by atoms with van der Waals surface area (Å²) in [7, 11) is 1.75. The quantitative estimate of drug-likeness (QED) is 0.916. The van der Waals surface area contributed by atoms with E-state index < -0.39 is 0 Å². The summed E-state index contributed by atoms with van der Waals surface area (Å²) in [6, 6.07) is 4.50. The van der Waals surface area contributed by atoms with E-state index in [9.17, 15) is 4.39 Å². The second kappa shape index (κ2) is 4.31. The van der Waals surface area contributed by atoms with E-state index >= 15 is 0 Å². The first-order valence-electron chi connectivity index (χ1n) is 4.67. The summed E-state index contributed by atoms with van der Waals surface area (Å²) in [5, 5.41) is 7.72. The Hall–Kier alpha value is -1.27. The van der Waals surface area contributed by atoms with Crippen molar-refractivity contribution in [2.45, 2.75) is 6.54 Å². The number of nitrogens with zero attached hydrogens (tertiary/aromatic N) is 3. The molecule has 0 saturated heterocycles. The van der Waals surface area contributed by atoms with Crippen molar-refractivity contribution in [1.82, 2.24) is 15.0 Å². The van der Waals surface area contributed by atoms with Gasteiger partial charge in [-0.3, -0.25) is 0 Å². The summed E-state index contributed by atoms with van der Waals surface area (Å²) >= 11 is 3.28. The lowest BCUT2D eigenvalue weighted by Crippen LogP contribution is -2.02. The van der Waals surface area contributed by atoms with Crippen molar-refractivity contribution in [2.75, 3.05) is 0 Å². The smallest absolute Gasteiger partial charge is 0.156 e. The Bertz CT molecular complexity index is 504. The highest BCUT2D eigenvalue weighted by atomic mass is 79.9. The molecule has 1 heterocycles. The third kappa shape index (κ3) is 1.85. The molecule has 0 atom stereocenters. The molecule has 0 bridgehead atoms. The van der Waals surface area contributed by atoms with Crippen molar-refractivity contribution in [1.29, 1.82) is 0 Å². The lowest BCUT2D eigenvalue weighted by molar-refractivity contribution is 0.627. The molecular formula is C10H10BrFN4. The Balaban J connectivity index is 2.67. The second-order valence-electron chi connectivity index (χ2n) is 3.36. The molecule has 4 nitrogen and oxygen atoms in total. The van der Waals surface area contributed by atoms with Gasteiger partial charge < -0.3 is 5.73 Å². The summed E-state index contributed by atoms with van der Waals surface area (Å²) in [6.07, 6.45) is 0. The highest BCUT2D eigenvalue weighted by Crippen LogP contribution is 2.29. The summed E-state index contributed by atoms with van der Waals surface area (Å²) in [5.74, 6) is -0.305. The fourth-order valence-electron chi connectivity index (χ4n) is 1.56. The molecule has 2 rings (SSSR count). The molecule has 0 spiro atoms. The molecule has 1 aromatic carbocycles. The van der Waals surface area contributed by atoms with Crippen LogP contribution in [0.25, 0.3) is 11.3 Å². The van der Waals surface area contributed by atoms with Gasteiger partial charge in [-0.05, 0) is 33.6 Å². The van der Waals surface area contributed by atoms with Crippen molar-refractivity contribution >= 4 is 15.9 Å². The first kappa shape index (κ1) is 11.2. The van der Waals surface area contributed by atoms with Crippen molar-refractivity contribution in [3.63, 3.8) is 0 Å². The molecule has 0 aliphatic carbocycles. The Morgan fingerprint density at radius 2 is 2.25 bits per heavy atom. The number of rotatable bonds is 2. The molecule has 0 unspecified atom stereocenters. The standard InChI is InChI=1S/C10H10BrFN4/c1-16-9(10(11)14-15-16)8-4-7(12)3-2-6(8)5-13/h2-4H,5,13H2,1H3. The average Bonchev–Trinajstić information content (AvgIpc) is 2.58. The Labute approximate surface area is 100 Å². The van der Waals surface area contributed by atoms with Gasteiger partial charge in [-0.15, -0.1) is 5.10 Å². The lowest BCUT2D eigenvalue weighted by atomic mass is 10.0. The van der Waals surface area contributed by atoms with Gasteiger partial charge in [-0.2, -0.15) is 0 Å². The summed E-state index contributed by atoms with van der Waals surface area (Å²) in [5.41, 5.74) is 7.91. The Morgan fingerprint density at radius 3 is 2.81 bits per heavy atom. The summed E-state index contributed by atoms with van der Waals surface area (Å²) in [6.45, 7) is 0.341. The van der Waals surface area contributed by atoms with Crippen LogP contribution < -0.4 is 5.73 Å². The van der Waals surface area contributed by atoms with Crippen LogP contribution in [-0.4, -0.2) is 15.0 Å². The minimum absolute atomic E-state index is 0.305. The predicted octanol–water partition coefficient (Wildman–Crippen LogP) is 1.84. The molecule has 0 radical (unpaired) electrons. The zero-order valence-corrected chi connectivity index (χ0v) is 10.2. The van der Waals surface area contributed by atoms with Gasteiger partial charge in [-0.25, -0.2) is 9.07 Å². The van der Waals surface area contributed by atoms with E-state index in [1.807, 2.05) is 0 Å². The normalized spacial score (nSPS) is 10.8. The molecule has 6 heteroatoms. The molecule has 84 valence electrons. The fraction of sp³-hybridized carbons (Fsp3) is 0.200. The van der Waals surface area contributed by atoms with Gasteiger partial charge in [0.25, 0.3) is 0 Å². The molecule has 0 aliphatic heterocycles. The SMILES string of the molecule is Cn1nnc(Br)c1-c1cc(F)ccc1CN. The van der Waals surface area contributed by atoms with E-state index in [4.69, 9.17) is 5.73 Å². The van der Waals surface area contributed by atoms with E-state index in [1.54, 1.807) is 17.8 Å². The fourth-order valence-corrected chi connectivity index (χ4v) is 2.11. The van der Waals surface area contributed by atoms with Gasteiger partial charge in [0, 0.05) is 19.2 Å². The zero-order chi connectivity index (χ0) is 11.7. The van der Waals surface area contributed by atoms with Crippen molar-refractivity contribution in [3.05, 3.63) is 34.2 Å². The molecular weight excluding hydrogens is 275 g/mol. The molecule has 0 aliphatic rings. The van der Waals surface area contributed by atoms with Gasteiger partial charge in [0.2, 0.25) is 0 Å². The van der Waals surface area contributed by atoms with Crippen LogP contribution in [0.15, 0.2) is 22.8 Å². The number of aryl methyl sites for hydroxylation is 1. The maximum atomic E-state index is 13.2. The summed E-state index contributed by atoms with van der Waals surface area (Å²) < 4.78 is 15.4. The maximum Gasteiger partial charge on any atom is 0.156 e. The van der Waals surface area contributed by atoms with Gasteiger partial charge >= 0.3 is 0 Å². The number of hydrogen-bond donors (Lipinski definition) is 1. The van der Waals surface area contributed by atoms with Gasteiger partial charge in [-0.1, -0.05) is 11.3 Å². The van der Waals surface area contributed by atoms with Crippen LogP contribution in [0, 0.1) is 5.82 Å². The Morgan fingerprint density at radius 1 is 1.50 bits per heavy atom. The van der Waals surface area contributed by atoms with Crippen LogP contribution in [0.3, 0.4) is 0 Å². The number of hydrogen-bond acceptors (Lipinski definition) is 3.